The van der Waals surface area contributed by atoms with Gasteiger partial charge in [0.25, 0.3) is 0 Å². The fraction of sp³-hybridized carbons (Fsp3) is 0.333. The van der Waals surface area contributed by atoms with Gasteiger partial charge in [0, 0.05) is 9.52 Å². The van der Waals surface area contributed by atoms with Crippen molar-refractivity contribution in [2.24, 2.45) is 0 Å². The second kappa shape index (κ2) is 22.4. The number of allylic oxidation sites excluding steroid dienone is 4. The van der Waals surface area contributed by atoms with Gasteiger partial charge < -0.3 is 14.9 Å². The first-order valence-corrected chi connectivity index (χ1v) is 5.18. The summed E-state index contributed by atoms with van der Waals surface area (Å²) in [6.07, 6.45) is 10.0. The Labute approximate surface area is 89.9 Å². The van der Waals surface area contributed by atoms with Crippen LogP contribution in [-0.2, 0) is 21.7 Å². The molecule has 0 bridgehead atoms. The van der Waals surface area contributed by atoms with E-state index in [9.17, 15) is 0 Å². The van der Waals surface area contributed by atoms with Crippen LogP contribution in [0.5, 0.6) is 0 Å². The van der Waals surface area contributed by atoms with E-state index in [2.05, 4.69) is 25.2 Å². The van der Waals surface area contributed by atoms with Crippen LogP contribution in [0.3, 0.4) is 0 Å². The minimum absolute atomic E-state index is 0. The van der Waals surface area contributed by atoms with Crippen molar-refractivity contribution in [2.45, 2.75) is 19.5 Å². The summed E-state index contributed by atoms with van der Waals surface area (Å²) >= 11 is 0. The molecule has 0 aromatic heterocycles. The second-order valence-corrected chi connectivity index (χ2v) is 2.74. The van der Waals surface area contributed by atoms with Gasteiger partial charge in [-0.1, -0.05) is 13.1 Å². The van der Waals surface area contributed by atoms with E-state index in [-0.39, 0.29) is 36.6 Å². The Morgan fingerprint density at radius 1 is 1.27 bits per heavy atom. The largest absolute Gasteiger partial charge is 3.00 e. The van der Waals surface area contributed by atoms with Gasteiger partial charge in [0.2, 0.25) is 0 Å². The predicted molar refractivity (Wildman–Crippen MR) is 53.3 cm³/mol. The molecule has 0 atom stereocenters. The molecule has 0 unspecified atom stereocenters. The third-order valence-corrected chi connectivity index (χ3v) is 0.586. The molecule has 0 fully saturated rings. The zero-order valence-electron chi connectivity index (χ0n) is 8.02. The van der Waals surface area contributed by atoms with Crippen molar-refractivity contribution in [3.63, 3.8) is 0 Å². The van der Waals surface area contributed by atoms with Gasteiger partial charge in [-0.05, 0) is 0 Å². The Morgan fingerprint density at radius 3 is 1.82 bits per heavy atom. The van der Waals surface area contributed by atoms with Gasteiger partial charge in [0.1, 0.15) is 0 Å². The van der Waals surface area contributed by atoms with Crippen LogP contribution in [0, 0.1) is 20.9 Å². The van der Waals surface area contributed by atoms with Crippen LogP contribution in [0.4, 0.5) is 0 Å². The summed E-state index contributed by atoms with van der Waals surface area (Å²) in [6.45, 7) is 4.42. The molecule has 2 heteroatoms. The molecule has 1 aliphatic rings. The molecule has 0 N–H and O–H groups in total. The molecular formula is C9H18SiTi. The van der Waals surface area contributed by atoms with E-state index < -0.39 is 0 Å². The van der Waals surface area contributed by atoms with Gasteiger partial charge in [-0.15, -0.1) is 6.42 Å². The third-order valence-electron chi connectivity index (χ3n) is 0.586. The molecule has 0 nitrogen and oxygen atoms in total. The van der Waals surface area contributed by atoms with Crippen molar-refractivity contribution in [2.75, 3.05) is 0 Å². The standard InChI is InChI=1S/C5H5.C2H7Si.2CH3.Ti/c1-2-4-5-3-1;1-3-2;;;/h1-3H,4H2;3H,1-2H3;2*1H3;/q-1;;2*-1;+3. The minimum Gasteiger partial charge on any atom is -0.358 e. The molecule has 62 valence electrons. The quantitative estimate of drug-likeness (QED) is 0.418. The molecule has 1 rings (SSSR count). The van der Waals surface area contributed by atoms with Gasteiger partial charge >= 0.3 is 21.7 Å². The molecule has 0 saturated heterocycles. The van der Waals surface area contributed by atoms with Crippen LogP contribution in [0.15, 0.2) is 18.2 Å². The smallest absolute Gasteiger partial charge is 0.358 e. The summed E-state index contributed by atoms with van der Waals surface area (Å²) in [5.74, 6) is 0. The van der Waals surface area contributed by atoms with Gasteiger partial charge in [-0.25, -0.2) is 12.2 Å². The Bertz CT molecular complexity index is 77.6. The molecular weight excluding hydrogens is 184 g/mol. The predicted octanol–water partition coefficient (Wildman–Crippen LogP) is 2.72. The minimum atomic E-state index is 0. The van der Waals surface area contributed by atoms with Gasteiger partial charge in [0.15, 0.2) is 0 Å². The molecule has 0 aromatic rings. The molecule has 0 aliphatic heterocycles. The van der Waals surface area contributed by atoms with E-state index >= 15 is 0 Å². The maximum atomic E-state index is 2.99. The van der Waals surface area contributed by atoms with Crippen molar-refractivity contribution in [1.29, 1.82) is 0 Å². The van der Waals surface area contributed by atoms with Crippen molar-refractivity contribution in [3.8, 4) is 0 Å². The first kappa shape index (κ1) is 22.5. The van der Waals surface area contributed by atoms with Crippen molar-refractivity contribution in [1.82, 2.24) is 0 Å². The third kappa shape index (κ3) is 25.2. The molecule has 0 aromatic carbocycles. The Morgan fingerprint density at radius 2 is 1.73 bits per heavy atom. The van der Waals surface area contributed by atoms with Gasteiger partial charge in [-0.3, -0.25) is 6.08 Å². The summed E-state index contributed by atoms with van der Waals surface area (Å²) in [4.78, 5) is 0. The summed E-state index contributed by atoms with van der Waals surface area (Å²) in [5, 5.41) is 0. The molecule has 2 radical (unpaired) electrons. The number of hydrogen-bond acceptors (Lipinski definition) is 0. The normalized spacial score (nSPS) is 9.64. The Kier molecular flexibility index (Phi) is 45.9. The summed E-state index contributed by atoms with van der Waals surface area (Å²) < 4.78 is 0. The molecule has 0 heterocycles. The van der Waals surface area contributed by atoms with Crippen molar-refractivity contribution >= 4 is 9.52 Å². The average molecular weight is 202 g/mol. The first-order chi connectivity index (χ1) is 3.91. The van der Waals surface area contributed by atoms with E-state index in [4.69, 9.17) is 0 Å². The zero-order valence-corrected chi connectivity index (χ0v) is 10.7. The zero-order chi connectivity index (χ0) is 6.24. The van der Waals surface area contributed by atoms with Crippen LogP contribution in [0.1, 0.15) is 6.42 Å². The summed E-state index contributed by atoms with van der Waals surface area (Å²) in [5.41, 5.74) is 0. The van der Waals surface area contributed by atoms with Crippen LogP contribution < -0.4 is 0 Å². The van der Waals surface area contributed by atoms with Crippen LogP contribution in [0.2, 0.25) is 13.1 Å². The topological polar surface area (TPSA) is 0 Å². The summed E-state index contributed by atoms with van der Waals surface area (Å²) in [7, 11) is 0.750. The monoisotopic (exact) mass is 202 g/mol. The van der Waals surface area contributed by atoms with Gasteiger partial charge in [0.05, 0.1) is 0 Å². The average Bonchev–Trinajstić information content (AvgIpc) is 2.17. The van der Waals surface area contributed by atoms with Gasteiger partial charge in [-0.2, -0.15) is 6.08 Å². The fourth-order valence-electron chi connectivity index (χ4n) is 0.340. The van der Waals surface area contributed by atoms with E-state index in [1.165, 1.54) is 0 Å². The maximum absolute atomic E-state index is 2.99. The molecule has 11 heavy (non-hydrogen) atoms. The van der Waals surface area contributed by atoms with Crippen LogP contribution >= 0.6 is 0 Å². The van der Waals surface area contributed by atoms with Crippen LogP contribution in [-0.4, -0.2) is 9.52 Å². The first-order valence-electron chi connectivity index (χ1n) is 2.87. The number of rotatable bonds is 0. The second-order valence-electron chi connectivity index (χ2n) is 1.58. The van der Waals surface area contributed by atoms with E-state index in [0.29, 0.717) is 0 Å². The number of hydrogen-bond donors (Lipinski definition) is 0. The maximum Gasteiger partial charge on any atom is 3.00 e. The van der Waals surface area contributed by atoms with E-state index in [1.807, 2.05) is 12.2 Å². The molecule has 1 aliphatic carbocycles. The SMILES string of the molecule is C[SiH]C.[C-]1=CC=CC1.[CH3-].[CH3-].[Ti+3]. The van der Waals surface area contributed by atoms with Crippen molar-refractivity contribution < 1.29 is 21.7 Å². The van der Waals surface area contributed by atoms with E-state index in [1.54, 1.807) is 0 Å². The Balaban J connectivity index is -0.0000000379. The summed E-state index contributed by atoms with van der Waals surface area (Å²) in [6, 6.07) is 0. The van der Waals surface area contributed by atoms with Crippen LogP contribution in [0.25, 0.3) is 0 Å². The fourth-order valence-corrected chi connectivity index (χ4v) is 0.340. The van der Waals surface area contributed by atoms with Crippen molar-refractivity contribution in [3.05, 3.63) is 39.2 Å². The molecule has 0 saturated carbocycles. The van der Waals surface area contributed by atoms with E-state index in [0.717, 1.165) is 15.9 Å². The molecule has 0 amide bonds. The Hall–Kier alpha value is 0.411. The molecule has 0 spiro atoms.